The van der Waals surface area contributed by atoms with Crippen LogP contribution in [-0.4, -0.2) is 35.8 Å². The Morgan fingerprint density at radius 2 is 2.19 bits per heavy atom. The van der Waals surface area contributed by atoms with E-state index in [9.17, 15) is 9.59 Å². The number of thiol groups is 1. The molecule has 2 atom stereocenters. The van der Waals surface area contributed by atoms with E-state index in [4.69, 9.17) is 11.6 Å². The summed E-state index contributed by atoms with van der Waals surface area (Å²) in [7, 11) is 0. The maximum absolute atomic E-state index is 12.6. The minimum absolute atomic E-state index is 0.0498. The molecule has 21 heavy (non-hydrogen) atoms. The number of carbonyl (C=O) groups excluding carboxylic acids is 2. The lowest BCUT2D eigenvalue weighted by Gasteiger charge is -2.41. The molecule has 0 aromatic heterocycles. The third-order valence-electron chi connectivity index (χ3n) is 4.29. The zero-order valence-electron chi connectivity index (χ0n) is 11.5. The van der Waals surface area contributed by atoms with Gasteiger partial charge in [-0.1, -0.05) is 11.6 Å². The van der Waals surface area contributed by atoms with Crippen molar-refractivity contribution >= 4 is 36.0 Å². The second-order valence-electron chi connectivity index (χ2n) is 5.68. The summed E-state index contributed by atoms with van der Waals surface area (Å²) in [5.74, 6) is 0.423. The molecule has 1 aromatic rings. The molecule has 3 rings (SSSR count). The van der Waals surface area contributed by atoms with E-state index in [1.54, 1.807) is 18.2 Å². The number of nitrogens with zero attached hydrogens (tertiary/aromatic N) is 1. The van der Waals surface area contributed by atoms with Gasteiger partial charge in [0, 0.05) is 30.4 Å². The number of hydrogen-bond acceptors (Lipinski definition) is 3. The van der Waals surface area contributed by atoms with Gasteiger partial charge in [0.25, 0.3) is 5.91 Å². The number of carbonyl (C=O) groups is 2. The minimum Gasteiger partial charge on any atom is -0.353 e. The largest absolute Gasteiger partial charge is 0.353 e. The van der Waals surface area contributed by atoms with Gasteiger partial charge in [0.2, 0.25) is 5.91 Å². The number of rotatable bonds is 1. The van der Waals surface area contributed by atoms with Crippen molar-refractivity contribution < 1.29 is 9.59 Å². The SMILES string of the molecule is O=C1CCC2CN(C(=O)c3cc(S)ccc3Cl)CCC2N1. The predicted octanol–water partition coefficient (Wildman–Crippen LogP) is 2.37. The normalized spacial score (nSPS) is 25.2. The van der Waals surface area contributed by atoms with Crippen molar-refractivity contribution in [3.8, 4) is 0 Å². The Morgan fingerprint density at radius 1 is 1.38 bits per heavy atom. The number of nitrogens with one attached hydrogen (secondary N) is 1. The van der Waals surface area contributed by atoms with Crippen LogP contribution >= 0.6 is 24.2 Å². The fourth-order valence-corrected chi connectivity index (χ4v) is 3.54. The average molecular weight is 325 g/mol. The molecular formula is C15H17ClN2O2S. The van der Waals surface area contributed by atoms with Gasteiger partial charge < -0.3 is 10.2 Å². The van der Waals surface area contributed by atoms with Crippen LogP contribution < -0.4 is 5.32 Å². The molecule has 0 saturated carbocycles. The number of halogens is 1. The highest BCUT2D eigenvalue weighted by Crippen LogP contribution is 2.28. The minimum atomic E-state index is -0.0498. The first kappa shape index (κ1) is 14.7. The number of piperidine rings is 2. The summed E-state index contributed by atoms with van der Waals surface area (Å²) < 4.78 is 0. The maximum atomic E-state index is 12.6. The molecule has 2 aliphatic heterocycles. The highest BCUT2D eigenvalue weighted by molar-refractivity contribution is 7.80. The Bertz CT molecular complexity index is 593. The van der Waals surface area contributed by atoms with Gasteiger partial charge in [-0.2, -0.15) is 0 Å². The molecular weight excluding hydrogens is 308 g/mol. The molecule has 1 N–H and O–H groups in total. The lowest BCUT2D eigenvalue weighted by atomic mass is 9.85. The number of fused-ring (bicyclic) bond motifs is 1. The van der Waals surface area contributed by atoms with Crippen LogP contribution in [0.25, 0.3) is 0 Å². The van der Waals surface area contributed by atoms with Gasteiger partial charge in [-0.25, -0.2) is 0 Å². The molecule has 2 fully saturated rings. The van der Waals surface area contributed by atoms with Crippen LogP contribution in [0.4, 0.5) is 0 Å². The van der Waals surface area contributed by atoms with Gasteiger partial charge in [-0.05, 0) is 37.0 Å². The lowest BCUT2D eigenvalue weighted by Crippen LogP contribution is -2.55. The number of likely N-dealkylation sites (tertiary alicyclic amines) is 1. The van der Waals surface area contributed by atoms with Crippen LogP contribution in [-0.2, 0) is 4.79 Å². The number of hydrogen-bond donors (Lipinski definition) is 2. The molecule has 1 aromatic carbocycles. The van der Waals surface area contributed by atoms with Crippen LogP contribution in [0.1, 0.15) is 29.6 Å². The summed E-state index contributed by atoms with van der Waals surface area (Å²) in [5.41, 5.74) is 0.502. The first-order chi connectivity index (χ1) is 10.0. The van der Waals surface area contributed by atoms with Crippen LogP contribution in [0.15, 0.2) is 23.1 Å². The molecule has 0 bridgehead atoms. The van der Waals surface area contributed by atoms with Crippen molar-refractivity contribution in [2.45, 2.75) is 30.2 Å². The maximum Gasteiger partial charge on any atom is 0.255 e. The van der Waals surface area contributed by atoms with Gasteiger partial charge in [0.15, 0.2) is 0 Å². The fourth-order valence-electron chi connectivity index (χ4n) is 3.14. The topological polar surface area (TPSA) is 49.4 Å². The smallest absolute Gasteiger partial charge is 0.255 e. The Morgan fingerprint density at radius 3 is 3.00 bits per heavy atom. The Hall–Kier alpha value is -1.20. The fraction of sp³-hybridized carbons (Fsp3) is 0.467. The summed E-state index contributed by atoms with van der Waals surface area (Å²) in [6, 6.07) is 5.39. The predicted molar refractivity (Wildman–Crippen MR) is 83.9 cm³/mol. The first-order valence-electron chi connectivity index (χ1n) is 7.12. The van der Waals surface area contributed by atoms with Gasteiger partial charge in [0.05, 0.1) is 10.6 Å². The molecule has 0 radical (unpaired) electrons. The quantitative estimate of drug-likeness (QED) is 0.779. The van der Waals surface area contributed by atoms with Crippen molar-refractivity contribution in [1.29, 1.82) is 0 Å². The molecule has 112 valence electrons. The summed E-state index contributed by atoms with van der Waals surface area (Å²) in [5, 5.41) is 3.48. The zero-order chi connectivity index (χ0) is 15.0. The molecule has 2 amide bonds. The van der Waals surface area contributed by atoms with Crippen molar-refractivity contribution in [2.24, 2.45) is 5.92 Å². The van der Waals surface area contributed by atoms with E-state index in [0.717, 1.165) is 17.7 Å². The van der Waals surface area contributed by atoms with Crippen LogP contribution in [0.5, 0.6) is 0 Å². The highest BCUT2D eigenvalue weighted by atomic mass is 35.5. The molecule has 2 saturated heterocycles. The van der Waals surface area contributed by atoms with Crippen molar-refractivity contribution in [3.63, 3.8) is 0 Å². The van der Waals surface area contributed by atoms with Crippen molar-refractivity contribution in [3.05, 3.63) is 28.8 Å². The van der Waals surface area contributed by atoms with Crippen LogP contribution in [0.2, 0.25) is 5.02 Å². The van der Waals surface area contributed by atoms with Gasteiger partial charge in [0.1, 0.15) is 0 Å². The molecule has 2 unspecified atom stereocenters. The third kappa shape index (κ3) is 3.04. The van der Waals surface area contributed by atoms with E-state index in [-0.39, 0.29) is 17.9 Å². The van der Waals surface area contributed by atoms with E-state index >= 15 is 0 Å². The van der Waals surface area contributed by atoms with E-state index in [2.05, 4.69) is 17.9 Å². The third-order valence-corrected chi connectivity index (χ3v) is 4.90. The van der Waals surface area contributed by atoms with E-state index < -0.39 is 0 Å². The van der Waals surface area contributed by atoms with Crippen molar-refractivity contribution in [1.82, 2.24) is 10.2 Å². The molecule has 0 spiro atoms. The summed E-state index contributed by atoms with van der Waals surface area (Å²) in [6.07, 6.45) is 2.21. The summed E-state index contributed by atoms with van der Waals surface area (Å²) >= 11 is 10.4. The average Bonchev–Trinajstić information content (AvgIpc) is 2.48. The Balaban J connectivity index is 1.74. The van der Waals surface area contributed by atoms with Gasteiger partial charge >= 0.3 is 0 Å². The molecule has 6 heteroatoms. The number of benzene rings is 1. The van der Waals surface area contributed by atoms with Crippen LogP contribution in [0.3, 0.4) is 0 Å². The summed E-state index contributed by atoms with van der Waals surface area (Å²) in [6.45, 7) is 1.32. The first-order valence-corrected chi connectivity index (χ1v) is 7.94. The second-order valence-corrected chi connectivity index (χ2v) is 6.60. The highest BCUT2D eigenvalue weighted by Gasteiger charge is 2.35. The lowest BCUT2D eigenvalue weighted by molar-refractivity contribution is -0.125. The number of amides is 2. The second kappa shape index (κ2) is 5.89. The van der Waals surface area contributed by atoms with Gasteiger partial charge in [-0.3, -0.25) is 9.59 Å². The van der Waals surface area contributed by atoms with Crippen LogP contribution in [0, 0.1) is 5.92 Å². The molecule has 4 nitrogen and oxygen atoms in total. The Kier molecular flexibility index (Phi) is 4.13. The molecule has 0 aliphatic carbocycles. The van der Waals surface area contributed by atoms with E-state index in [1.165, 1.54) is 0 Å². The molecule has 2 heterocycles. The van der Waals surface area contributed by atoms with E-state index in [0.29, 0.717) is 36.0 Å². The van der Waals surface area contributed by atoms with Gasteiger partial charge in [-0.15, -0.1) is 12.6 Å². The monoisotopic (exact) mass is 324 g/mol. The van der Waals surface area contributed by atoms with E-state index in [1.807, 2.05) is 4.90 Å². The molecule has 2 aliphatic rings. The summed E-state index contributed by atoms with van der Waals surface area (Å²) in [4.78, 5) is 26.6. The zero-order valence-corrected chi connectivity index (χ0v) is 13.2. The Labute approximate surface area is 134 Å². The van der Waals surface area contributed by atoms with Crippen molar-refractivity contribution in [2.75, 3.05) is 13.1 Å². The standard InChI is InChI=1S/C15H17ClN2O2S/c16-12-3-2-10(21)7-11(12)15(20)18-6-5-13-9(8-18)1-4-14(19)17-13/h2-3,7,9,13,21H,1,4-6,8H2,(H,17,19).